The lowest BCUT2D eigenvalue weighted by molar-refractivity contribution is 0.122. The number of para-hydroxylation sites is 1. The number of nitrogens with zero attached hydrogens (tertiary/aromatic N) is 5. The van der Waals surface area contributed by atoms with Crippen LogP contribution < -0.4 is 26.6 Å². The zero-order chi connectivity index (χ0) is 23.8. The quantitative estimate of drug-likeness (QED) is 0.320. The Balaban J connectivity index is 1.37. The van der Waals surface area contributed by atoms with Gasteiger partial charge in [0, 0.05) is 36.6 Å². The highest BCUT2D eigenvalue weighted by atomic mass is 16.5. The van der Waals surface area contributed by atoms with Gasteiger partial charge in [-0.15, -0.1) is 0 Å². The second-order valence-electron chi connectivity index (χ2n) is 8.76. The average molecular weight is 475 g/mol. The zero-order valence-electron chi connectivity index (χ0n) is 19.1. The normalized spacial score (nSPS) is 17.4. The van der Waals surface area contributed by atoms with Crippen molar-refractivity contribution in [3.63, 3.8) is 0 Å². The molecule has 1 aliphatic carbocycles. The predicted octanol–water partition coefficient (Wildman–Crippen LogP) is 0.511. The van der Waals surface area contributed by atoms with Crippen molar-refractivity contribution in [3.05, 3.63) is 69.0 Å². The standard InChI is InChI=1S/C24H26N8O3/c33-23-18(28-24(34)30-23)11-16-14-26-32-21(27-17-5-6-17)12-20(29-22(16)32)25-13-15-3-1-2-4-19(15)31-7-9-35-10-8-31/h1-4,11-12,14,17,25,33H,5-10,13H2,(H2,28,30,34)/b16-11-,27-21?. The maximum absolute atomic E-state index is 11.5. The summed E-state index contributed by atoms with van der Waals surface area (Å²) in [7, 11) is 0. The van der Waals surface area contributed by atoms with Crippen molar-refractivity contribution in [1.82, 2.24) is 24.6 Å². The third-order valence-electron chi connectivity index (χ3n) is 6.18. The van der Waals surface area contributed by atoms with Gasteiger partial charge in [-0.2, -0.15) is 9.61 Å². The minimum atomic E-state index is -0.483. The number of nitrogens with one attached hydrogen (secondary N) is 3. The van der Waals surface area contributed by atoms with Crippen molar-refractivity contribution in [3.8, 4) is 5.88 Å². The number of fused-ring (bicyclic) bond motifs is 1. The molecule has 3 aromatic heterocycles. The molecule has 1 saturated carbocycles. The summed E-state index contributed by atoms with van der Waals surface area (Å²) >= 11 is 0. The fourth-order valence-corrected chi connectivity index (χ4v) is 4.25. The van der Waals surface area contributed by atoms with E-state index in [1.54, 1.807) is 16.8 Å². The smallest absolute Gasteiger partial charge is 0.326 e. The van der Waals surface area contributed by atoms with Crippen molar-refractivity contribution in [1.29, 1.82) is 0 Å². The molecule has 35 heavy (non-hydrogen) atoms. The van der Waals surface area contributed by atoms with Crippen LogP contribution in [0.15, 0.2) is 46.3 Å². The monoisotopic (exact) mass is 474 g/mol. The molecule has 0 unspecified atom stereocenters. The number of benzene rings is 1. The van der Waals surface area contributed by atoms with Crippen LogP contribution in [0.4, 0.5) is 11.5 Å². The van der Waals surface area contributed by atoms with Crippen LogP contribution in [0.1, 0.15) is 24.1 Å². The van der Waals surface area contributed by atoms with Crippen LogP contribution in [-0.4, -0.2) is 62.0 Å². The maximum Gasteiger partial charge on any atom is 0.326 e. The molecule has 1 aromatic carbocycles. The summed E-state index contributed by atoms with van der Waals surface area (Å²) in [6.45, 7) is 3.80. The SMILES string of the molecule is O=c1[nH]c(O)c(/C=c2/cnn3c(=NC4CC4)cc(NCc4ccccc4N4CCOCC4)nc23)[nH]1. The summed E-state index contributed by atoms with van der Waals surface area (Å²) in [6.07, 6.45) is 5.42. The topological polar surface area (TPSA) is 136 Å². The highest BCUT2D eigenvalue weighted by Crippen LogP contribution is 2.23. The molecule has 0 bridgehead atoms. The second-order valence-corrected chi connectivity index (χ2v) is 8.76. The molecule has 2 aliphatic rings. The van der Waals surface area contributed by atoms with Crippen molar-refractivity contribution in [2.24, 2.45) is 4.99 Å². The van der Waals surface area contributed by atoms with Gasteiger partial charge in [0.25, 0.3) is 0 Å². The molecule has 6 rings (SSSR count). The number of H-pyrrole nitrogens is 2. The van der Waals surface area contributed by atoms with Crippen LogP contribution in [0.25, 0.3) is 11.7 Å². The first-order valence-electron chi connectivity index (χ1n) is 11.7. The van der Waals surface area contributed by atoms with Crippen molar-refractivity contribution < 1.29 is 9.84 Å². The van der Waals surface area contributed by atoms with Crippen LogP contribution in [-0.2, 0) is 11.3 Å². The summed E-state index contributed by atoms with van der Waals surface area (Å²) in [5, 5.41) is 18.6. The molecular formula is C24H26N8O3. The number of imidazole rings is 1. The molecule has 0 amide bonds. The van der Waals surface area contributed by atoms with Gasteiger partial charge < -0.3 is 25.0 Å². The number of hydrogen-bond donors (Lipinski definition) is 4. The number of aromatic amines is 2. The number of aromatic hydroxyl groups is 1. The van der Waals surface area contributed by atoms with Gasteiger partial charge in [-0.1, -0.05) is 18.2 Å². The third-order valence-corrected chi connectivity index (χ3v) is 6.18. The van der Waals surface area contributed by atoms with E-state index < -0.39 is 5.69 Å². The van der Waals surface area contributed by atoms with Crippen LogP contribution >= 0.6 is 0 Å². The first kappa shape index (κ1) is 21.4. The number of hydrogen-bond acceptors (Lipinski definition) is 8. The molecule has 4 N–H and O–H groups in total. The van der Waals surface area contributed by atoms with Gasteiger partial charge in [0.15, 0.2) is 11.1 Å². The Morgan fingerprint density at radius 2 is 2.06 bits per heavy atom. The van der Waals surface area contributed by atoms with Crippen LogP contribution in [0, 0.1) is 0 Å². The zero-order valence-corrected chi connectivity index (χ0v) is 19.1. The molecule has 1 aliphatic heterocycles. The number of aromatic nitrogens is 5. The Hall–Kier alpha value is -4.12. The van der Waals surface area contributed by atoms with E-state index in [4.69, 9.17) is 14.7 Å². The summed E-state index contributed by atoms with van der Waals surface area (Å²) < 4.78 is 7.20. The van der Waals surface area contributed by atoms with Crippen LogP contribution in [0.2, 0.25) is 0 Å². The lowest BCUT2D eigenvalue weighted by Gasteiger charge is -2.30. The van der Waals surface area contributed by atoms with Gasteiger partial charge in [-0.3, -0.25) is 9.98 Å². The average Bonchev–Trinajstić information content (AvgIpc) is 3.51. The highest BCUT2D eigenvalue weighted by molar-refractivity contribution is 5.59. The van der Waals surface area contributed by atoms with Gasteiger partial charge in [0.05, 0.1) is 25.5 Å². The van der Waals surface area contributed by atoms with Crippen molar-refractivity contribution in [2.45, 2.75) is 25.4 Å². The van der Waals surface area contributed by atoms with E-state index in [2.05, 4.69) is 43.5 Å². The summed E-state index contributed by atoms with van der Waals surface area (Å²) in [4.78, 5) is 28.4. The van der Waals surface area contributed by atoms with E-state index in [1.165, 1.54) is 11.3 Å². The fourth-order valence-electron chi connectivity index (χ4n) is 4.25. The first-order valence-corrected chi connectivity index (χ1v) is 11.7. The van der Waals surface area contributed by atoms with Crippen LogP contribution in [0.3, 0.4) is 0 Å². The Bertz CT molecular complexity index is 1540. The molecule has 180 valence electrons. The molecule has 4 aromatic rings. The Labute approximate surface area is 199 Å². The Morgan fingerprint density at radius 1 is 1.23 bits per heavy atom. The highest BCUT2D eigenvalue weighted by Gasteiger charge is 2.20. The van der Waals surface area contributed by atoms with Gasteiger partial charge in [0.1, 0.15) is 11.5 Å². The molecule has 4 heterocycles. The van der Waals surface area contributed by atoms with Crippen molar-refractivity contribution >= 4 is 23.2 Å². The number of morpholine rings is 1. The second kappa shape index (κ2) is 8.91. The van der Waals surface area contributed by atoms with Gasteiger partial charge in [0.2, 0.25) is 5.88 Å². The molecule has 11 nitrogen and oxygen atoms in total. The van der Waals surface area contributed by atoms with Gasteiger partial charge in [-0.25, -0.2) is 9.78 Å². The number of rotatable bonds is 6. The van der Waals surface area contributed by atoms with Gasteiger partial charge >= 0.3 is 5.69 Å². The van der Waals surface area contributed by atoms with E-state index >= 15 is 0 Å². The third kappa shape index (κ3) is 4.50. The largest absolute Gasteiger partial charge is 0.493 e. The van der Waals surface area contributed by atoms with Crippen LogP contribution in [0.5, 0.6) is 5.88 Å². The fraction of sp³-hybridized carbons (Fsp3) is 0.333. The molecule has 0 spiro atoms. The number of anilines is 2. The van der Waals surface area contributed by atoms with E-state index in [-0.39, 0.29) is 11.6 Å². The van der Waals surface area contributed by atoms with E-state index in [0.29, 0.717) is 34.8 Å². The van der Waals surface area contributed by atoms with E-state index in [1.807, 2.05) is 12.1 Å². The maximum atomic E-state index is 11.5. The Morgan fingerprint density at radius 3 is 2.83 bits per heavy atom. The lowest BCUT2D eigenvalue weighted by atomic mass is 10.1. The number of ether oxygens (including phenoxy) is 1. The predicted molar refractivity (Wildman–Crippen MR) is 130 cm³/mol. The van der Waals surface area contributed by atoms with E-state index in [9.17, 15) is 9.90 Å². The molecular weight excluding hydrogens is 448 g/mol. The Kier molecular flexibility index (Phi) is 5.45. The van der Waals surface area contributed by atoms with Crippen molar-refractivity contribution in [2.75, 3.05) is 36.5 Å². The summed E-state index contributed by atoms with van der Waals surface area (Å²) in [6, 6.07) is 10.6. The van der Waals surface area contributed by atoms with Gasteiger partial charge in [-0.05, 0) is 30.5 Å². The van der Waals surface area contributed by atoms with E-state index in [0.717, 1.165) is 39.1 Å². The molecule has 0 radical (unpaired) electrons. The molecule has 0 atom stereocenters. The molecule has 2 fully saturated rings. The minimum Gasteiger partial charge on any atom is -0.493 e. The lowest BCUT2D eigenvalue weighted by Crippen LogP contribution is -2.36. The minimum absolute atomic E-state index is 0.230. The molecule has 1 saturated heterocycles. The molecule has 11 heteroatoms. The summed E-state index contributed by atoms with van der Waals surface area (Å²) in [5.74, 6) is 0.446. The summed E-state index contributed by atoms with van der Waals surface area (Å²) in [5.41, 5.74) is 3.45. The first-order chi connectivity index (χ1) is 17.1.